The quantitative estimate of drug-likeness (QED) is 0.913. The summed E-state index contributed by atoms with van der Waals surface area (Å²) in [5.41, 5.74) is 1.90. The van der Waals surface area contributed by atoms with E-state index in [-0.39, 0.29) is 5.91 Å². The summed E-state index contributed by atoms with van der Waals surface area (Å²) in [7, 11) is 0. The Kier molecular flexibility index (Phi) is 3.53. The number of aromatic nitrogens is 3. The molecule has 0 spiro atoms. The number of aromatic amines is 1. The average Bonchev–Trinajstić information content (AvgIpc) is 2.71. The number of hydrogen-bond acceptors (Lipinski definition) is 3. The lowest BCUT2D eigenvalue weighted by Crippen LogP contribution is -2.13. The topological polar surface area (TPSA) is 70.7 Å². The third-order valence-electron chi connectivity index (χ3n) is 2.26. The zero-order chi connectivity index (χ0) is 12.3. The van der Waals surface area contributed by atoms with Crippen molar-refractivity contribution in [2.24, 2.45) is 0 Å². The summed E-state index contributed by atoms with van der Waals surface area (Å²) in [5.74, 6) is -0.263. The summed E-state index contributed by atoms with van der Waals surface area (Å²) in [5, 5.41) is 9.52. The molecule has 2 aromatic heterocycles. The van der Waals surface area contributed by atoms with Crippen molar-refractivity contribution in [3.63, 3.8) is 0 Å². The van der Waals surface area contributed by atoms with Crippen molar-refractivity contribution in [1.82, 2.24) is 15.2 Å². The smallest absolute Gasteiger partial charge is 0.277 e. The van der Waals surface area contributed by atoms with Crippen molar-refractivity contribution in [1.29, 1.82) is 0 Å². The molecule has 0 aliphatic heterocycles. The van der Waals surface area contributed by atoms with Crippen molar-refractivity contribution in [2.45, 2.75) is 13.3 Å². The maximum atomic E-state index is 11.9. The van der Waals surface area contributed by atoms with E-state index in [1.54, 1.807) is 24.5 Å². The summed E-state index contributed by atoms with van der Waals surface area (Å²) >= 11 is 3.36. The van der Waals surface area contributed by atoms with Gasteiger partial charge in [0.15, 0.2) is 5.69 Å². The lowest BCUT2D eigenvalue weighted by atomic mass is 10.3. The van der Waals surface area contributed by atoms with Crippen LogP contribution in [0.3, 0.4) is 0 Å². The van der Waals surface area contributed by atoms with Gasteiger partial charge >= 0.3 is 0 Å². The first-order valence-electron chi connectivity index (χ1n) is 5.16. The molecule has 0 bridgehead atoms. The molecular weight excluding hydrogens is 284 g/mol. The molecule has 88 valence electrons. The SMILES string of the molecule is CCc1[nH]nc(C(=O)Nc2cccnc2)c1Br. The third kappa shape index (κ3) is 2.52. The van der Waals surface area contributed by atoms with E-state index in [0.29, 0.717) is 15.9 Å². The van der Waals surface area contributed by atoms with E-state index in [9.17, 15) is 4.79 Å². The summed E-state index contributed by atoms with van der Waals surface area (Å²) < 4.78 is 0.710. The van der Waals surface area contributed by atoms with E-state index >= 15 is 0 Å². The molecule has 0 unspecified atom stereocenters. The number of carbonyl (C=O) groups is 1. The number of nitrogens with zero attached hydrogens (tertiary/aromatic N) is 2. The summed E-state index contributed by atoms with van der Waals surface area (Å²) in [4.78, 5) is 15.8. The minimum Gasteiger partial charge on any atom is -0.319 e. The minimum atomic E-state index is -0.263. The number of rotatable bonds is 3. The van der Waals surface area contributed by atoms with Crippen molar-refractivity contribution >= 4 is 27.5 Å². The molecule has 1 amide bonds. The van der Waals surface area contributed by atoms with Gasteiger partial charge in [0, 0.05) is 11.9 Å². The largest absolute Gasteiger partial charge is 0.319 e. The molecule has 2 aromatic rings. The maximum absolute atomic E-state index is 11.9. The number of hydrogen-bond donors (Lipinski definition) is 2. The molecule has 17 heavy (non-hydrogen) atoms. The number of nitrogens with one attached hydrogen (secondary N) is 2. The molecule has 0 saturated heterocycles. The number of aryl methyl sites for hydroxylation is 1. The second kappa shape index (κ2) is 5.09. The van der Waals surface area contributed by atoms with Crippen LogP contribution in [0, 0.1) is 0 Å². The molecule has 2 rings (SSSR count). The van der Waals surface area contributed by atoms with E-state index in [2.05, 4.69) is 36.4 Å². The van der Waals surface area contributed by atoms with Gasteiger partial charge in [-0.25, -0.2) is 0 Å². The van der Waals surface area contributed by atoms with Crippen molar-refractivity contribution in [2.75, 3.05) is 5.32 Å². The molecule has 6 heteroatoms. The average molecular weight is 295 g/mol. The van der Waals surface area contributed by atoms with Crippen LogP contribution < -0.4 is 5.32 Å². The Morgan fingerprint density at radius 2 is 2.41 bits per heavy atom. The second-order valence-electron chi connectivity index (χ2n) is 3.41. The summed E-state index contributed by atoms with van der Waals surface area (Å²) in [6, 6.07) is 3.53. The van der Waals surface area contributed by atoms with Crippen molar-refractivity contribution in [3.05, 3.63) is 40.4 Å². The fourth-order valence-electron chi connectivity index (χ4n) is 1.38. The highest BCUT2D eigenvalue weighted by Crippen LogP contribution is 2.20. The number of carbonyl (C=O) groups excluding carboxylic acids is 1. The molecule has 0 aliphatic rings. The van der Waals surface area contributed by atoms with Crippen molar-refractivity contribution in [3.8, 4) is 0 Å². The van der Waals surface area contributed by atoms with Gasteiger partial charge in [0.25, 0.3) is 5.91 Å². The number of amides is 1. The third-order valence-corrected chi connectivity index (χ3v) is 3.12. The van der Waals surface area contributed by atoms with Gasteiger partial charge in [0.05, 0.1) is 16.4 Å². The fourth-order valence-corrected chi connectivity index (χ4v) is 2.01. The van der Waals surface area contributed by atoms with E-state index in [1.807, 2.05) is 6.92 Å². The number of halogens is 1. The Bertz CT molecular complexity index is 524. The zero-order valence-corrected chi connectivity index (χ0v) is 10.8. The van der Waals surface area contributed by atoms with Gasteiger partial charge in [-0.1, -0.05) is 6.92 Å². The van der Waals surface area contributed by atoms with Gasteiger partial charge in [-0.2, -0.15) is 5.10 Å². The number of pyridine rings is 1. The van der Waals surface area contributed by atoms with Crippen LogP contribution >= 0.6 is 15.9 Å². The Morgan fingerprint density at radius 3 is 3.00 bits per heavy atom. The summed E-state index contributed by atoms with van der Waals surface area (Å²) in [6.45, 7) is 1.99. The standard InChI is InChI=1S/C11H11BrN4O/c1-2-8-9(12)10(16-15-8)11(17)14-7-4-3-5-13-6-7/h3-6H,2H2,1H3,(H,14,17)(H,15,16). The normalized spacial score (nSPS) is 10.2. The highest BCUT2D eigenvalue weighted by Gasteiger charge is 2.16. The van der Waals surface area contributed by atoms with E-state index in [0.717, 1.165) is 12.1 Å². The van der Waals surface area contributed by atoms with Crippen LogP contribution in [0.4, 0.5) is 5.69 Å². The van der Waals surface area contributed by atoms with Gasteiger partial charge in [-0.05, 0) is 34.5 Å². The number of anilines is 1. The van der Waals surface area contributed by atoms with Crippen LogP contribution in [0.2, 0.25) is 0 Å². The molecule has 0 atom stereocenters. The highest BCUT2D eigenvalue weighted by molar-refractivity contribution is 9.10. The summed E-state index contributed by atoms with van der Waals surface area (Å²) in [6.07, 6.45) is 4.02. The van der Waals surface area contributed by atoms with E-state index in [4.69, 9.17) is 0 Å². The first-order valence-corrected chi connectivity index (χ1v) is 5.95. The lowest BCUT2D eigenvalue weighted by Gasteiger charge is -2.02. The molecule has 5 nitrogen and oxygen atoms in total. The van der Waals surface area contributed by atoms with Gasteiger partial charge in [-0.15, -0.1) is 0 Å². The van der Waals surface area contributed by atoms with Crippen LogP contribution in [-0.2, 0) is 6.42 Å². The molecule has 0 aromatic carbocycles. The zero-order valence-electron chi connectivity index (χ0n) is 9.20. The minimum absolute atomic E-state index is 0.263. The van der Waals surface area contributed by atoms with Gasteiger partial charge in [0.2, 0.25) is 0 Å². The molecule has 0 fully saturated rings. The van der Waals surface area contributed by atoms with Crippen LogP contribution in [-0.4, -0.2) is 21.1 Å². The monoisotopic (exact) mass is 294 g/mol. The Morgan fingerprint density at radius 1 is 1.59 bits per heavy atom. The molecule has 2 heterocycles. The van der Waals surface area contributed by atoms with Crippen LogP contribution in [0.1, 0.15) is 23.1 Å². The Balaban J connectivity index is 2.18. The van der Waals surface area contributed by atoms with Gasteiger partial charge in [-0.3, -0.25) is 14.9 Å². The van der Waals surface area contributed by atoms with E-state index < -0.39 is 0 Å². The predicted octanol–water partition coefficient (Wildman–Crippen LogP) is 2.38. The molecule has 0 aliphatic carbocycles. The second-order valence-corrected chi connectivity index (χ2v) is 4.21. The van der Waals surface area contributed by atoms with E-state index in [1.165, 1.54) is 0 Å². The van der Waals surface area contributed by atoms with Gasteiger partial charge < -0.3 is 5.32 Å². The Hall–Kier alpha value is -1.69. The first kappa shape index (κ1) is 11.8. The lowest BCUT2D eigenvalue weighted by molar-refractivity contribution is 0.102. The highest BCUT2D eigenvalue weighted by atomic mass is 79.9. The maximum Gasteiger partial charge on any atom is 0.277 e. The van der Waals surface area contributed by atoms with Crippen molar-refractivity contribution < 1.29 is 4.79 Å². The molecule has 0 saturated carbocycles. The van der Waals surface area contributed by atoms with Gasteiger partial charge in [0.1, 0.15) is 0 Å². The molecular formula is C11H11BrN4O. The Labute approximate surface area is 107 Å². The molecule has 2 N–H and O–H groups in total. The number of H-pyrrole nitrogens is 1. The fraction of sp³-hybridized carbons (Fsp3) is 0.182. The van der Waals surface area contributed by atoms with Crippen LogP contribution in [0.25, 0.3) is 0 Å². The van der Waals surface area contributed by atoms with Crippen LogP contribution in [0.5, 0.6) is 0 Å². The first-order chi connectivity index (χ1) is 8.22. The predicted molar refractivity (Wildman–Crippen MR) is 67.9 cm³/mol. The molecule has 0 radical (unpaired) electrons. The van der Waals surface area contributed by atoms with Crippen LogP contribution in [0.15, 0.2) is 29.0 Å².